The zero-order chi connectivity index (χ0) is 20.8. The lowest BCUT2D eigenvalue weighted by atomic mass is 9.93. The lowest BCUT2D eigenvalue weighted by Gasteiger charge is -2.34. The van der Waals surface area contributed by atoms with Crippen molar-refractivity contribution in [2.45, 2.75) is 44.7 Å². The van der Waals surface area contributed by atoms with Crippen LogP contribution in [-0.4, -0.2) is 43.7 Å². The van der Waals surface area contributed by atoms with Gasteiger partial charge in [-0.25, -0.2) is 9.07 Å². The maximum atomic E-state index is 13.3. The second kappa shape index (κ2) is 9.47. The standard InChI is InChI=1S/C22H24FN5O2/c23-18-11-9-17(10-12-18)14-27(19-5-2-1-3-6-19)22(29)15-30-21-8-4-7-20(13-21)28-16-24-25-26-28/h4,7-13,16,19H,1-3,5-6,14-15H2. The number of tetrazole rings is 1. The normalized spacial score (nSPS) is 14.4. The number of ether oxygens (including phenoxy) is 1. The van der Waals surface area contributed by atoms with Gasteiger partial charge in [0.1, 0.15) is 17.9 Å². The summed E-state index contributed by atoms with van der Waals surface area (Å²) in [6, 6.07) is 13.8. The first-order valence-corrected chi connectivity index (χ1v) is 10.2. The van der Waals surface area contributed by atoms with Gasteiger partial charge in [0, 0.05) is 18.7 Å². The van der Waals surface area contributed by atoms with Crippen LogP contribution in [0.1, 0.15) is 37.7 Å². The molecular formula is C22H24FN5O2. The van der Waals surface area contributed by atoms with E-state index >= 15 is 0 Å². The topological polar surface area (TPSA) is 73.1 Å². The van der Waals surface area contributed by atoms with Crippen molar-refractivity contribution in [1.82, 2.24) is 25.1 Å². The molecule has 2 aromatic carbocycles. The Morgan fingerprint density at radius 3 is 2.67 bits per heavy atom. The fourth-order valence-corrected chi connectivity index (χ4v) is 3.82. The second-order valence-electron chi connectivity index (χ2n) is 7.48. The van der Waals surface area contributed by atoms with Crippen LogP contribution in [0, 0.1) is 5.82 Å². The number of hydrogen-bond donors (Lipinski definition) is 0. The average Bonchev–Trinajstić information content (AvgIpc) is 3.33. The largest absolute Gasteiger partial charge is 0.484 e. The first-order chi connectivity index (χ1) is 14.7. The first kappa shape index (κ1) is 20.0. The minimum Gasteiger partial charge on any atom is -0.484 e. The molecule has 1 aliphatic carbocycles. The minimum absolute atomic E-state index is 0.0588. The van der Waals surface area contributed by atoms with Crippen molar-refractivity contribution in [3.05, 3.63) is 66.2 Å². The van der Waals surface area contributed by atoms with E-state index in [2.05, 4.69) is 15.5 Å². The minimum atomic E-state index is -0.278. The lowest BCUT2D eigenvalue weighted by Crippen LogP contribution is -2.43. The van der Waals surface area contributed by atoms with Gasteiger partial charge in [-0.2, -0.15) is 0 Å². The molecule has 0 saturated heterocycles. The molecule has 0 aliphatic heterocycles. The van der Waals surface area contributed by atoms with Gasteiger partial charge in [0.2, 0.25) is 0 Å². The predicted molar refractivity (Wildman–Crippen MR) is 108 cm³/mol. The third-order valence-electron chi connectivity index (χ3n) is 5.40. The van der Waals surface area contributed by atoms with E-state index in [1.165, 1.54) is 29.6 Å². The molecule has 7 nitrogen and oxygen atoms in total. The van der Waals surface area contributed by atoms with Gasteiger partial charge in [0.25, 0.3) is 5.91 Å². The highest BCUT2D eigenvalue weighted by atomic mass is 19.1. The maximum Gasteiger partial charge on any atom is 0.261 e. The first-order valence-electron chi connectivity index (χ1n) is 10.2. The van der Waals surface area contributed by atoms with Gasteiger partial charge in [-0.1, -0.05) is 37.5 Å². The quantitative estimate of drug-likeness (QED) is 0.597. The van der Waals surface area contributed by atoms with Crippen molar-refractivity contribution in [3.8, 4) is 11.4 Å². The Labute approximate surface area is 174 Å². The highest BCUT2D eigenvalue weighted by Gasteiger charge is 2.26. The summed E-state index contributed by atoms with van der Waals surface area (Å²) in [5.74, 6) is 0.223. The molecule has 0 unspecified atom stereocenters. The highest BCUT2D eigenvalue weighted by Crippen LogP contribution is 2.25. The summed E-state index contributed by atoms with van der Waals surface area (Å²) in [6.45, 7) is 0.397. The van der Waals surface area contributed by atoms with E-state index in [-0.39, 0.29) is 24.4 Å². The summed E-state index contributed by atoms with van der Waals surface area (Å²) in [5.41, 5.74) is 1.66. The van der Waals surface area contributed by atoms with Gasteiger partial charge in [0.15, 0.2) is 6.61 Å². The van der Waals surface area contributed by atoms with Crippen LogP contribution in [0.25, 0.3) is 5.69 Å². The number of aromatic nitrogens is 4. The van der Waals surface area contributed by atoms with Crippen molar-refractivity contribution >= 4 is 5.91 Å². The number of nitrogens with zero attached hydrogens (tertiary/aromatic N) is 5. The SMILES string of the molecule is O=C(COc1cccc(-n2cnnn2)c1)N(Cc1ccc(F)cc1)C1CCCCC1. The van der Waals surface area contributed by atoms with E-state index in [4.69, 9.17) is 4.74 Å². The van der Waals surface area contributed by atoms with Crippen LogP contribution in [0.5, 0.6) is 5.75 Å². The molecule has 1 fully saturated rings. The maximum absolute atomic E-state index is 13.3. The van der Waals surface area contributed by atoms with Crippen LogP contribution in [0.2, 0.25) is 0 Å². The number of amides is 1. The molecule has 0 atom stereocenters. The van der Waals surface area contributed by atoms with Crippen LogP contribution >= 0.6 is 0 Å². The van der Waals surface area contributed by atoms with Crippen LogP contribution < -0.4 is 4.74 Å². The van der Waals surface area contributed by atoms with Gasteiger partial charge in [0.05, 0.1) is 5.69 Å². The molecule has 4 rings (SSSR count). The molecule has 30 heavy (non-hydrogen) atoms. The predicted octanol–water partition coefficient (Wildman–Crippen LogP) is 3.54. The summed E-state index contributed by atoms with van der Waals surface area (Å²) in [4.78, 5) is 15.0. The summed E-state index contributed by atoms with van der Waals surface area (Å²) in [5, 5.41) is 11.1. The van der Waals surface area contributed by atoms with Crippen molar-refractivity contribution < 1.29 is 13.9 Å². The monoisotopic (exact) mass is 409 g/mol. The Morgan fingerprint density at radius 2 is 1.93 bits per heavy atom. The van der Waals surface area contributed by atoms with Gasteiger partial charge in [-0.15, -0.1) is 5.10 Å². The number of halogens is 1. The van der Waals surface area contributed by atoms with E-state index < -0.39 is 0 Å². The van der Waals surface area contributed by atoms with Crippen LogP contribution in [-0.2, 0) is 11.3 Å². The number of rotatable bonds is 7. The van der Waals surface area contributed by atoms with Crippen molar-refractivity contribution in [3.63, 3.8) is 0 Å². The average molecular weight is 409 g/mol. The van der Waals surface area contributed by atoms with Gasteiger partial charge in [-0.3, -0.25) is 4.79 Å². The molecule has 1 amide bonds. The van der Waals surface area contributed by atoms with Crippen LogP contribution in [0.3, 0.4) is 0 Å². The third-order valence-corrected chi connectivity index (χ3v) is 5.40. The molecule has 8 heteroatoms. The number of carbonyl (C=O) groups is 1. The molecule has 0 spiro atoms. The van der Waals surface area contributed by atoms with E-state index in [1.807, 2.05) is 17.0 Å². The molecule has 156 valence electrons. The molecule has 0 N–H and O–H groups in total. The number of hydrogen-bond acceptors (Lipinski definition) is 5. The molecule has 0 bridgehead atoms. The number of benzene rings is 2. The summed E-state index contributed by atoms with van der Waals surface area (Å²) in [7, 11) is 0. The van der Waals surface area contributed by atoms with Crippen LogP contribution in [0.4, 0.5) is 4.39 Å². The molecular weight excluding hydrogens is 385 g/mol. The van der Waals surface area contributed by atoms with Gasteiger partial charge < -0.3 is 9.64 Å². The molecule has 1 aliphatic rings. The molecule has 1 saturated carbocycles. The zero-order valence-electron chi connectivity index (χ0n) is 16.7. The Hall–Kier alpha value is -3.29. The van der Waals surface area contributed by atoms with E-state index in [1.54, 1.807) is 24.3 Å². The number of carbonyl (C=O) groups excluding carboxylic acids is 1. The fraction of sp³-hybridized carbons (Fsp3) is 0.364. The van der Waals surface area contributed by atoms with E-state index in [0.29, 0.717) is 12.3 Å². The zero-order valence-corrected chi connectivity index (χ0v) is 16.7. The smallest absolute Gasteiger partial charge is 0.261 e. The van der Waals surface area contributed by atoms with E-state index in [0.717, 1.165) is 36.9 Å². The highest BCUT2D eigenvalue weighted by molar-refractivity contribution is 5.78. The second-order valence-corrected chi connectivity index (χ2v) is 7.48. The van der Waals surface area contributed by atoms with E-state index in [9.17, 15) is 9.18 Å². The van der Waals surface area contributed by atoms with Crippen molar-refractivity contribution in [1.29, 1.82) is 0 Å². The summed E-state index contributed by atoms with van der Waals surface area (Å²) < 4.78 is 20.6. The molecule has 3 aromatic rings. The van der Waals surface area contributed by atoms with Crippen LogP contribution in [0.15, 0.2) is 54.9 Å². The summed E-state index contributed by atoms with van der Waals surface area (Å²) >= 11 is 0. The van der Waals surface area contributed by atoms with Crippen molar-refractivity contribution in [2.75, 3.05) is 6.61 Å². The Bertz CT molecular complexity index is 956. The summed E-state index contributed by atoms with van der Waals surface area (Å²) in [6.07, 6.45) is 6.91. The van der Waals surface area contributed by atoms with Gasteiger partial charge >= 0.3 is 0 Å². The Balaban J connectivity index is 1.44. The fourth-order valence-electron chi connectivity index (χ4n) is 3.82. The molecule has 1 heterocycles. The third kappa shape index (κ3) is 5.00. The van der Waals surface area contributed by atoms with Crippen molar-refractivity contribution in [2.24, 2.45) is 0 Å². The van der Waals surface area contributed by atoms with Gasteiger partial charge in [-0.05, 0) is 53.1 Å². The lowest BCUT2D eigenvalue weighted by molar-refractivity contribution is -0.137. The molecule has 1 aromatic heterocycles. The Kier molecular flexibility index (Phi) is 6.32. The molecule has 0 radical (unpaired) electrons. The Morgan fingerprint density at radius 1 is 1.13 bits per heavy atom.